The monoisotopic (exact) mass is 502 g/mol. The van der Waals surface area contributed by atoms with Gasteiger partial charge in [-0.1, -0.05) is 12.1 Å². The highest BCUT2D eigenvalue weighted by molar-refractivity contribution is 7.80. The molecule has 0 amide bonds. The number of rotatable bonds is 7. The summed E-state index contributed by atoms with van der Waals surface area (Å²) in [6, 6.07) is 3.26. The Morgan fingerprint density at radius 2 is 1.64 bits per heavy atom. The molecule has 6 nitrogen and oxygen atoms in total. The topological polar surface area (TPSA) is 62.2 Å². The van der Waals surface area contributed by atoms with Crippen LogP contribution in [0.15, 0.2) is 24.3 Å². The summed E-state index contributed by atoms with van der Waals surface area (Å²) in [5.41, 5.74) is -6.11. The molecule has 1 saturated heterocycles. The first kappa shape index (κ1) is 27.1. The summed E-state index contributed by atoms with van der Waals surface area (Å²) in [5, 5.41) is 9.92. The van der Waals surface area contributed by atoms with Crippen molar-refractivity contribution in [3.05, 3.63) is 29.8 Å². The lowest BCUT2D eigenvalue weighted by atomic mass is 9.92. The first-order valence-corrected chi connectivity index (χ1v) is 10.4. The number of aliphatic hydroxyl groups is 1. The van der Waals surface area contributed by atoms with E-state index in [4.69, 9.17) is 17.0 Å². The Labute approximate surface area is 192 Å². The van der Waals surface area contributed by atoms with Gasteiger partial charge < -0.3 is 24.4 Å². The predicted molar refractivity (Wildman–Crippen MR) is 111 cm³/mol. The van der Waals surface area contributed by atoms with Crippen LogP contribution in [-0.4, -0.2) is 73.4 Å². The molecular weight excluding hydrogens is 478 g/mol. The lowest BCUT2D eigenvalue weighted by molar-refractivity contribution is -0.376. The maximum absolute atomic E-state index is 13.2. The Balaban J connectivity index is 2.30. The van der Waals surface area contributed by atoms with Gasteiger partial charge in [0.05, 0.1) is 20.3 Å². The number of thiocarbonyl (C=S) groups is 1. The number of hydrogen-bond donors (Lipinski definition) is 1. The number of morpholine rings is 1. The van der Waals surface area contributed by atoms with Crippen molar-refractivity contribution in [2.75, 3.05) is 44.9 Å². The van der Waals surface area contributed by atoms with Crippen LogP contribution in [0.4, 0.5) is 32.0 Å². The van der Waals surface area contributed by atoms with Crippen LogP contribution in [0.1, 0.15) is 24.8 Å². The van der Waals surface area contributed by atoms with Crippen molar-refractivity contribution in [2.45, 2.75) is 37.2 Å². The first-order chi connectivity index (χ1) is 15.3. The quantitative estimate of drug-likeness (QED) is 0.264. The van der Waals surface area contributed by atoms with Crippen LogP contribution in [-0.2, 0) is 19.9 Å². The number of methoxy groups -OCH3 is 1. The van der Waals surface area contributed by atoms with E-state index in [2.05, 4.69) is 4.74 Å². The van der Waals surface area contributed by atoms with Gasteiger partial charge in [0.2, 0.25) is 0 Å². The number of alkyl halides is 6. The molecule has 1 aliphatic heterocycles. The van der Waals surface area contributed by atoms with Crippen molar-refractivity contribution in [3.8, 4) is 0 Å². The average Bonchev–Trinajstić information content (AvgIpc) is 2.77. The fourth-order valence-electron chi connectivity index (χ4n) is 3.27. The maximum Gasteiger partial charge on any atom is 0.430 e. The van der Waals surface area contributed by atoms with E-state index < -0.39 is 29.5 Å². The van der Waals surface area contributed by atoms with E-state index >= 15 is 0 Å². The van der Waals surface area contributed by atoms with Crippen molar-refractivity contribution >= 4 is 29.0 Å². The molecule has 0 unspecified atom stereocenters. The number of anilines is 1. The van der Waals surface area contributed by atoms with E-state index in [1.165, 1.54) is 7.11 Å². The zero-order chi connectivity index (χ0) is 24.9. The third-order valence-electron chi connectivity index (χ3n) is 5.17. The van der Waals surface area contributed by atoms with Gasteiger partial charge in [0, 0.05) is 37.3 Å². The molecule has 0 aromatic heterocycles. The van der Waals surface area contributed by atoms with Gasteiger partial charge in [-0.05, 0) is 37.2 Å². The molecule has 1 heterocycles. The van der Waals surface area contributed by atoms with Crippen molar-refractivity contribution < 1.29 is 45.7 Å². The molecule has 1 aliphatic rings. The van der Waals surface area contributed by atoms with Crippen molar-refractivity contribution in [3.63, 3.8) is 0 Å². The molecule has 0 atom stereocenters. The average molecular weight is 502 g/mol. The third-order valence-corrected chi connectivity index (χ3v) is 5.65. The fourth-order valence-corrected chi connectivity index (χ4v) is 3.65. The summed E-state index contributed by atoms with van der Waals surface area (Å²) in [6.45, 7) is 2.03. The Bertz CT molecular complexity index is 796. The molecule has 0 spiro atoms. The highest BCUT2D eigenvalue weighted by atomic mass is 32.1. The number of unbranched alkanes of at least 4 members (excludes halogenated alkanes) is 1. The fraction of sp³-hybridized carbons (Fsp3) is 0.600. The Morgan fingerprint density at radius 1 is 1.09 bits per heavy atom. The highest BCUT2D eigenvalue weighted by Gasteiger charge is 2.71. The van der Waals surface area contributed by atoms with Gasteiger partial charge in [-0.2, -0.15) is 26.3 Å². The normalized spacial score (nSPS) is 15.3. The second-order valence-electron chi connectivity index (χ2n) is 7.32. The largest absolute Gasteiger partial charge is 0.469 e. The number of nitrogens with zero attached hydrogens (tertiary/aromatic N) is 2. The van der Waals surface area contributed by atoms with Crippen molar-refractivity contribution in [2.24, 2.45) is 0 Å². The number of carbonyl (C=O) groups excluding carboxylic acids is 1. The number of halogens is 6. The van der Waals surface area contributed by atoms with Gasteiger partial charge in [0.15, 0.2) is 5.11 Å². The Hall–Kier alpha value is -2.12. The van der Waals surface area contributed by atoms with Crippen LogP contribution < -0.4 is 4.90 Å². The lowest BCUT2D eigenvalue weighted by Crippen LogP contribution is -2.54. The Kier molecular flexibility index (Phi) is 8.94. The minimum Gasteiger partial charge on any atom is -0.469 e. The summed E-state index contributed by atoms with van der Waals surface area (Å²) in [7, 11) is 1.26. The van der Waals surface area contributed by atoms with E-state index in [9.17, 15) is 36.2 Å². The van der Waals surface area contributed by atoms with Crippen LogP contribution in [0.5, 0.6) is 0 Å². The summed E-state index contributed by atoms with van der Waals surface area (Å²) in [6.07, 6.45) is -10.9. The van der Waals surface area contributed by atoms with Gasteiger partial charge >= 0.3 is 18.3 Å². The molecular formula is C20H24F6N2O4S. The lowest BCUT2D eigenvalue weighted by Gasteiger charge is -2.36. The number of hydrogen-bond acceptors (Lipinski definition) is 5. The minimum absolute atomic E-state index is 0.151. The van der Waals surface area contributed by atoms with Crippen LogP contribution in [0.3, 0.4) is 0 Å². The van der Waals surface area contributed by atoms with Gasteiger partial charge in [-0.25, -0.2) is 0 Å². The molecule has 0 radical (unpaired) electrons. The number of benzene rings is 1. The molecule has 186 valence electrons. The molecule has 1 fully saturated rings. The molecule has 1 aromatic rings. The van der Waals surface area contributed by atoms with Crippen LogP contribution in [0.25, 0.3) is 0 Å². The van der Waals surface area contributed by atoms with Crippen molar-refractivity contribution in [1.82, 2.24) is 4.90 Å². The van der Waals surface area contributed by atoms with Crippen LogP contribution >= 0.6 is 12.2 Å². The summed E-state index contributed by atoms with van der Waals surface area (Å²) in [5.74, 6) is -0.403. The number of ether oxygens (including phenoxy) is 2. The third kappa shape index (κ3) is 6.27. The summed E-state index contributed by atoms with van der Waals surface area (Å²) in [4.78, 5) is 14.7. The van der Waals surface area contributed by atoms with Gasteiger partial charge in [0.1, 0.15) is 0 Å². The van der Waals surface area contributed by atoms with E-state index in [-0.39, 0.29) is 18.7 Å². The zero-order valence-corrected chi connectivity index (χ0v) is 18.5. The maximum atomic E-state index is 13.2. The van der Waals surface area contributed by atoms with Crippen LogP contribution in [0.2, 0.25) is 0 Å². The van der Waals surface area contributed by atoms with E-state index in [1.54, 1.807) is 4.90 Å². The molecule has 33 heavy (non-hydrogen) atoms. The standard InChI is InChI=1S/C20H24F6N2O4S/c1-31-16(29)4-2-3-9-28(17(33)27-10-12-32-13-11-27)15-7-5-14(6-8-15)18(30,19(21,22)23)20(24,25)26/h5-8,30H,2-4,9-13H2,1H3. The van der Waals surface area contributed by atoms with Gasteiger partial charge in [-0.15, -0.1) is 0 Å². The minimum atomic E-state index is -5.97. The molecule has 0 aliphatic carbocycles. The zero-order valence-electron chi connectivity index (χ0n) is 17.7. The van der Waals surface area contributed by atoms with Gasteiger partial charge in [0.25, 0.3) is 5.60 Å². The first-order valence-electron chi connectivity index (χ1n) is 10.00. The molecule has 0 saturated carbocycles. The molecule has 13 heteroatoms. The Morgan fingerprint density at radius 3 is 2.12 bits per heavy atom. The van der Waals surface area contributed by atoms with Gasteiger partial charge in [-0.3, -0.25) is 4.79 Å². The molecule has 2 rings (SSSR count). The smallest absolute Gasteiger partial charge is 0.430 e. The predicted octanol–water partition coefficient (Wildman–Crippen LogP) is 3.77. The number of esters is 1. The molecule has 0 bridgehead atoms. The van der Waals surface area contributed by atoms with Crippen LogP contribution in [0, 0.1) is 0 Å². The van der Waals surface area contributed by atoms with E-state index in [1.807, 2.05) is 4.90 Å². The highest BCUT2D eigenvalue weighted by Crippen LogP contribution is 2.50. The summed E-state index contributed by atoms with van der Waals surface area (Å²) >= 11 is 5.52. The van der Waals surface area contributed by atoms with Crippen molar-refractivity contribution in [1.29, 1.82) is 0 Å². The molecule has 1 aromatic carbocycles. The summed E-state index contributed by atoms with van der Waals surface area (Å²) < 4.78 is 88.8. The SMILES string of the molecule is COC(=O)CCCCN(C(=S)N1CCOCC1)c1ccc(C(O)(C(F)(F)F)C(F)(F)F)cc1. The number of carbonyl (C=O) groups is 1. The second kappa shape index (κ2) is 10.9. The van der Waals surface area contributed by atoms with E-state index in [0.29, 0.717) is 56.4 Å². The van der Waals surface area contributed by atoms with E-state index in [0.717, 1.165) is 12.1 Å². The molecule has 1 N–H and O–H groups in total. The second-order valence-corrected chi connectivity index (χ2v) is 7.68.